The Hall–Kier alpha value is -1.46. The van der Waals surface area contributed by atoms with Crippen LogP contribution in [-0.4, -0.2) is 46.7 Å². The van der Waals surface area contributed by atoms with Crippen LogP contribution in [0.4, 0.5) is 10.5 Å². The van der Waals surface area contributed by atoms with Crippen molar-refractivity contribution in [3.8, 4) is 0 Å². The van der Waals surface area contributed by atoms with E-state index >= 15 is 0 Å². The standard InChI is InChI=1S/C14H20ClN3O2/c1-9-7-17(3-4-18(9)14(19)20)8-11-5-12(15)6-13(16)10(11)2/h5-6,9H,3-4,7-8,16H2,1-2H3,(H,19,20)/t9-/m0/s1. The van der Waals surface area contributed by atoms with Gasteiger partial charge in [0.15, 0.2) is 0 Å². The van der Waals surface area contributed by atoms with Crippen molar-refractivity contribution in [1.82, 2.24) is 9.80 Å². The summed E-state index contributed by atoms with van der Waals surface area (Å²) in [5, 5.41) is 9.71. The van der Waals surface area contributed by atoms with E-state index in [1.807, 2.05) is 19.9 Å². The topological polar surface area (TPSA) is 69.8 Å². The largest absolute Gasteiger partial charge is 0.465 e. The SMILES string of the molecule is Cc1c(N)cc(Cl)cc1CN1CCN(C(=O)O)[C@@H](C)C1. The van der Waals surface area contributed by atoms with Crippen molar-refractivity contribution in [1.29, 1.82) is 0 Å². The van der Waals surface area contributed by atoms with Gasteiger partial charge in [0.05, 0.1) is 0 Å². The quantitative estimate of drug-likeness (QED) is 0.823. The lowest BCUT2D eigenvalue weighted by Gasteiger charge is -2.38. The van der Waals surface area contributed by atoms with Gasteiger partial charge in [-0.3, -0.25) is 4.90 Å². The van der Waals surface area contributed by atoms with Gasteiger partial charge in [0, 0.05) is 42.9 Å². The molecule has 1 amide bonds. The molecule has 0 bridgehead atoms. The molecule has 0 aliphatic carbocycles. The van der Waals surface area contributed by atoms with Crippen LogP contribution in [0.15, 0.2) is 12.1 Å². The highest BCUT2D eigenvalue weighted by atomic mass is 35.5. The Labute approximate surface area is 123 Å². The van der Waals surface area contributed by atoms with E-state index in [9.17, 15) is 4.79 Å². The first kappa shape index (κ1) is 14.9. The van der Waals surface area contributed by atoms with Crippen LogP contribution in [0.3, 0.4) is 0 Å². The highest BCUT2D eigenvalue weighted by Gasteiger charge is 2.27. The van der Waals surface area contributed by atoms with Gasteiger partial charge in [0.1, 0.15) is 0 Å². The third-order valence-corrected chi connectivity index (χ3v) is 4.09. The second kappa shape index (κ2) is 5.89. The van der Waals surface area contributed by atoms with Crippen LogP contribution in [0.1, 0.15) is 18.1 Å². The number of nitrogen functional groups attached to an aromatic ring is 1. The zero-order chi connectivity index (χ0) is 14.9. The van der Waals surface area contributed by atoms with Crippen molar-refractivity contribution < 1.29 is 9.90 Å². The fourth-order valence-corrected chi connectivity index (χ4v) is 2.87. The van der Waals surface area contributed by atoms with Gasteiger partial charge in [0.2, 0.25) is 0 Å². The normalized spacial score (nSPS) is 20.1. The summed E-state index contributed by atoms with van der Waals surface area (Å²) in [5.74, 6) is 0. The monoisotopic (exact) mass is 297 g/mol. The summed E-state index contributed by atoms with van der Waals surface area (Å²) in [6.45, 7) is 6.64. The summed E-state index contributed by atoms with van der Waals surface area (Å²) < 4.78 is 0. The fraction of sp³-hybridized carbons (Fsp3) is 0.500. The zero-order valence-corrected chi connectivity index (χ0v) is 12.5. The van der Waals surface area contributed by atoms with E-state index in [0.29, 0.717) is 17.3 Å². The number of hydrogen-bond acceptors (Lipinski definition) is 3. The molecule has 1 atom stereocenters. The molecule has 6 heteroatoms. The summed E-state index contributed by atoms with van der Waals surface area (Å²) in [6.07, 6.45) is -0.847. The molecule has 1 aliphatic rings. The molecule has 1 saturated heterocycles. The van der Waals surface area contributed by atoms with Gasteiger partial charge < -0.3 is 15.7 Å². The third kappa shape index (κ3) is 3.16. The summed E-state index contributed by atoms with van der Waals surface area (Å²) in [4.78, 5) is 14.8. The van der Waals surface area contributed by atoms with Crippen LogP contribution in [0.25, 0.3) is 0 Å². The molecule has 5 nitrogen and oxygen atoms in total. The van der Waals surface area contributed by atoms with Crippen molar-refractivity contribution in [3.05, 3.63) is 28.3 Å². The lowest BCUT2D eigenvalue weighted by Crippen LogP contribution is -2.53. The number of anilines is 1. The molecule has 1 aromatic rings. The second-order valence-corrected chi connectivity index (χ2v) is 5.78. The highest BCUT2D eigenvalue weighted by Crippen LogP contribution is 2.24. The molecule has 2 rings (SSSR count). The molecule has 0 aromatic heterocycles. The number of amides is 1. The van der Waals surface area contributed by atoms with Crippen molar-refractivity contribution in [2.24, 2.45) is 0 Å². The maximum absolute atomic E-state index is 11.0. The minimum Gasteiger partial charge on any atom is -0.465 e. The van der Waals surface area contributed by atoms with Crippen molar-refractivity contribution in [2.45, 2.75) is 26.4 Å². The molecule has 0 saturated carbocycles. The molecule has 20 heavy (non-hydrogen) atoms. The number of rotatable bonds is 2. The van der Waals surface area contributed by atoms with Gasteiger partial charge in [-0.15, -0.1) is 0 Å². The Morgan fingerprint density at radius 1 is 1.50 bits per heavy atom. The Balaban J connectivity index is 2.07. The average Bonchev–Trinajstić information content (AvgIpc) is 2.35. The first-order chi connectivity index (χ1) is 9.38. The first-order valence-corrected chi connectivity index (χ1v) is 7.02. The van der Waals surface area contributed by atoms with E-state index in [0.717, 1.165) is 30.8 Å². The Kier molecular flexibility index (Phi) is 4.40. The first-order valence-electron chi connectivity index (χ1n) is 6.65. The molecule has 1 fully saturated rings. The number of benzene rings is 1. The number of nitrogens with two attached hydrogens (primary N) is 1. The van der Waals surface area contributed by atoms with Crippen molar-refractivity contribution in [2.75, 3.05) is 25.4 Å². The fourth-order valence-electron chi connectivity index (χ4n) is 2.62. The lowest BCUT2D eigenvalue weighted by molar-refractivity contribution is 0.0710. The number of halogens is 1. The maximum atomic E-state index is 11.0. The Morgan fingerprint density at radius 2 is 2.20 bits per heavy atom. The predicted molar refractivity (Wildman–Crippen MR) is 80.1 cm³/mol. The van der Waals surface area contributed by atoms with Crippen LogP contribution >= 0.6 is 11.6 Å². The van der Waals surface area contributed by atoms with Gasteiger partial charge in [-0.25, -0.2) is 4.79 Å². The number of nitrogens with zero attached hydrogens (tertiary/aromatic N) is 2. The molecule has 1 aliphatic heterocycles. The average molecular weight is 298 g/mol. The molecule has 1 heterocycles. The van der Waals surface area contributed by atoms with Gasteiger partial charge in [-0.2, -0.15) is 0 Å². The van der Waals surface area contributed by atoms with E-state index in [1.54, 1.807) is 6.07 Å². The molecule has 0 radical (unpaired) electrons. The van der Waals surface area contributed by atoms with Gasteiger partial charge in [-0.05, 0) is 37.1 Å². The van der Waals surface area contributed by atoms with E-state index in [2.05, 4.69) is 4.90 Å². The Bertz CT molecular complexity index is 521. The van der Waals surface area contributed by atoms with E-state index < -0.39 is 6.09 Å². The molecular formula is C14H20ClN3O2. The molecule has 3 N–H and O–H groups in total. The summed E-state index contributed by atoms with van der Waals surface area (Å²) in [6, 6.07) is 3.69. The van der Waals surface area contributed by atoms with E-state index in [-0.39, 0.29) is 6.04 Å². The zero-order valence-electron chi connectivity index (χ0n) is 11.8. The molecule has 0 spiro atoms. The smallest absolute Gasteiger partial charge is 0.407 e. The predicted octanol–water partition coefficient (Wildman–Crippen LogP) is 2.41. The van der Waals surface area contributed by atoms with Gasteiger partial charge in [-0.1, -0.05) is 11.6 Å². The summed E-state index contributed by atoms with van der Waals surface area (Å²) in [7, 11) is 0. The number of carboxylic acid groups (broad SMARTS) is 1. The third-order valence-electron chi connectivity index (χ3n) is 3.87. The second-order valence-electron chi connectivity index (χ2n) is 5.34. The van der Waals surface area contributed by atoms with Crippen LogP contribution in [-0.2, 0) is 6.54 Å². The minimum absolute atomic E-state index is 0.00177. The van der Waals surface area contributed by atoms with Crippen LogP contribution in [0.2, 0.25) is 5.02 Å². The minimum atomic E-state index is -0.847. The lowest BCUT2D eigenvalue weighted by atomic mass is 10.1. The van der Waals surface area contributed by atoms with Crippen LogP contribution in [0, 0.1) is 6.92 Å². The van der Waals surface area contributed by atoms with E-state index in [4.69, 9.17) is 22.4 Å². The van der Waals surface area contributed by atoms with Gasteiger partial charge in [0.25, 0.3) is 0 Å². The molecule has 110 valence electrons. The highest BCUT2D eigenvalue weighted by molar-refractivity contribution is 6.31. The molecule has 1 aromatic carbocycles. The summed E-state index contributed by atoms with van der Waals surface area (Å²) in [5.41, 5.74) is 8.77. The van der Waals surface area contributed by atoms with E-state index in [1.165, 1.54) is 4.90 Å². The van der Waals surface area contributed by atoms with Crippen molar-refractivity contribution >= 4 is 23.4 Å². The number of piperazine rings is 1. The molecule has 0 unspecified atom stereocenters. The van der Waals surface area contributed by atoms with Crippen LogP contribution < -0.4 is 5.73 Å². The van der Waals surface area contributed by atoms with Crippen molar-refractivity contribution in [3.63, 3.8) is 0 Å². The van der Waals surface area contributed by atoms with Crippen LogP contribution in [0.5, 0.6) is 0 Å². The Morgan fingerprint density at radius 3 is 2.80 bits per heavy atom. The number of hydrogen-bond donors (Lipinski definition) is 2. The van der Waals surface area contributed by atoms with Gasteiger partial charge >= 0.3 is 6.09 Å². The number of carbonyl (C=O) groups is 1. The molecular weight excluding hydrogens is 278 g/mol. The summed E-state index contributed by atoms with van der Waals surface area (Å²) >= 11 is 6.05. The maximum Gasteiger partial charge on any atom is 0.407 e.